The van der Waals surface area contributed by atoms with Crippen molar-refractivity contribution in [2.75, 3.05) is 0 Å². The monoisotopic (exact) mass is 271 g/mol. The molecule has 2 amide bonds. The van der Waals surface area contributed by atoms with Crippen LogP contribution in [-0.2, 0) is 6.54 Å². The molecular weight excluding hydrogens is 262 g/mol. The van der Waals surface area contributed by atoms with E-state index in [1.807, 2.05) is 18.2 Å². The van der Waals surface area contributed by atoms with Crippen LogP contribution in [0.2, 0.25) is 5.02 Å². The van der Waals surface area contributed by atoms with E-state index in [9.17, 15) is 9.59 Å². The highest BCUT2D eigenvalue weighted by molar-refractivity contribution is 6.31. The summed E-state index contributed by atoms with van der Waals surface area (Å²) in [6.45, 7) is 0.200. The molecule has 2 aromatic carbocycles. The zero-order valence-corrected chi connectivity index (χ0v) is 10.7. The highest BCUT2D eigenvalue weighted by Gasteiger charge is 2.35. The van der Waals surface area contributed by atoms with Crippen LogP contribution >= 0.6 is 11.6 Å². The predicted octanol–water partition coefficient (Wildman–Crippen LogP) is 3.14. The Balaban J connectivity index is 1.95. The molecule has 0 radical (unpaired) electrons. The van der Waals surface area contributed by atoms with Crippen LogP contribution in [0.3, 0.4) is 0 Å². The van der Waals surface area contributed by atoms with Crippen LogP contribution in [0.4, 0.5) is 0 Å². The molecule has 4 heteroatoms. The van der Waals surface area contributed by atoms with Gasteiger partial charge in [0.15, 0.2) is 0 Å². The van der Waals surface area contributed by atoms with E-state index in [0.717, 1.165) is 5.56 Å². The molecule has 1 aliphatic heterocycles. The Bertz CT molecular complexity index is 646. The lowest BCUT2D eigenvalue weighted by Crippen LogP contribution is -2.29. The third-order valence-corrected chi connectivity index (χ3v) is 3.53. The molecule has 0 saturated carbocycles. The van der Waals surface area contributed by atoms with Gasteiger partial charge >= 0.3 is 0 Å². The Morgan fingerprint density at radius 1 is 0.842 bits per heavy atom. The third-order valence-electron chi connectivity index (χ3n) is 3.16. The highest BCUT2D eigenvalue weighted by atomic mass is 35.5. The van der Waals surface area contributed by atoms with Crippen molar-refractivity contribution in [1.29, 1.82) is 0 Å². The average molecular weight is 272 g/mol. The number of hydrogen-bond donors (Lipinski definition) is 0. The van der Waals surface area contributed by atoms with Gasteiger partial charge < -0.3 is 0 Å². The topological polar surface area (TPSA) is 37.4 Å². The number of benzene rings is 2. The average Bonchev–Trinajstić information content (AvgIpc) is 2.67. The first-order valence-corrected chi connectivity index (χ1v) is 6.25. The van der Waals surface area contributed by atoms with Gasteiger partial charge in [-0.15, -0.1) is 0 Å². The van der Waals surface area contributed by atoms with Crippen LogP contribution in [0.5, 0.6) is 0 Å². The maximum absolute atomic E-state index is 12.2. The van der Waals surface area contributed by atoms with Crippen molar-refractivity contribution in [3.05, 3.63) is 70.2 Å². The smallest absolute Gasteiger partial charge is 0.261 e. The predicted molar refractivity (Wildman–Crippen MR) is 72.1 cm³/mol. The van der Waals surface area contributed by atoms with E-state index in [1.165, 1.54) is 4.90 Å². The fourth-order valence-electron chi connectivity index (χ4n) is 2.18. The minimum absolute atomic E-state index is 0.200. The van der Waals surface area contributed by atoms with E-state index in [0.29, 0.717) is 16.1 Å². The van der Waals surface area contributed by atoms with Crippen molar-refractivity contribution in [1.82, 2.24) is 4.90 Å². The van der Waals surface area contributed by atoms with Crippen LogP contribution in [0, 0.1) is 0 Å². The van der Waals surface area contributed by atoms with Crippen LogP contribution in [-0.4, -0.2) is 16.7 Å². The Kier molecular flexibility index (Phi) is 2.84. The fraction of sp³-hybridized carbons (Fsp3) is 0.0667. The molecule has 1 heterocycles. The molecule has 0 spiro atoms. The summed E-state index contributed by atoms with van der Waals surface area (Å²) in [5, 5.41) is 0.555. The minimum atomic E-state index is -0.263. The number of hydrogen-bond acceptors (Lipinski definition) is 2. The summed E-state index contributed by atoms with van der Waals surface area (Å²) < 4.78 is 0. The Hall–Kier alpha value is -2.13. The largest absolute Gasteiger partial charge is 0.270 e. The Morgan fingerprint density at radius 3 is 1.95 bits per heavy atom. The van der Waals surface area contributed by atoms with Gasteiger partial charge in [0, 0.05) is 5.02 Å². The van der Waals surface area contributed by atoms with Crippen molar-refractivity contribution in [3.8, 4) is 0 Å². The molecule has 19 heavy (non-hydrogen) atoms. The number of rotatable bonds is 2. The van der Waals surface area contributed by atoms with Gasteiger partial charge in [-0.3, -0.25) is 14.5 Å². The minimum Gasteiger partial charge on any atom is -0.270 e. The molecule has 94 valence electrons. The van der Waals surface area contributed by atoms with Gasteiger partial charge in [0.1, 0.15) is 0 Å². The number of nitrogens with zero attached hydrogens (tertiary/aromatic N) is 1. The molecule has 0 fully saturated rings. The van der Waals surface area contributed by atoms with E-state index in [2.05, 4.69) is 0 Å². The van der Waals surface area contributed by atoms with Gasteiger partial charge in [0.05, 0.1) is 17.7 Å². The van der Waals surface area contributed by atoms with Gasteiger partial charge in [-0.2, -0.15) is 0 Å². The van der Waals surface area contributed by atoms with Crippen LogP contribution in [0.1, 0.15) is 26.3 Å². The second kappa shape index (κ2) is 4.52. The van der Waals surface area contributed by atoms with Crippen molar-refractivity contribution >= 4 is 23.4 Å². The lowest BCUT2D eigenvalue weighted by atomic mass is 10.1. The summed E-state index contributed by atoms with van der Waals surface area (Å²) in [6.07, 6.45) is 0. The first-order chi connectivity index (χ1) is 9.18. The quantitative estimate of drug-likeness (QED) is 0.787. The molecule has 0 aliphatic carbocycles. The molecule has 0 unspecified atom stereocenters. The van der Waals surface area contributed by atoms with E-state index < -0.39 is 0 Å². The maximum atomic E-state index is 12.2. The van der Waals surface area contributed by atoms with E-state index in [-0.39, 0.29) is 18.4 Å². The molecule has 3 rings (SSSR count). The molecule has 0 atom stereocenters. The summed E-state index contributed by atoms with van der Waals surface area (Å²) in [7, 11) is 0. The molecule has 2 aromatic rings. The molecule has 3 nitrogen and oxygen atoms in total. The first-order valence-electron chi connectivity index (χ1n) is 5.87. The SMILES string of the molecule is O=C1c2ccccc2C(=O)N1Cc1ccccc1Cl. The van der Waals surface area contributed by atoms with Gasteiger partial charge in [-0.25, -0.2) is 0 Å². The zero-order chi connectivity index (χ0) is 13.4. The summed E-state index contributed by atoms with van der Waals surface area (Å²) >= 11 is 6.06. The summed E-state index contributed by atoms with van der Waals surface area (Å²) in [5.74, 6) is -0.527. The van der Waals surface area contributed by atoms with Gasteiger partial charge in [0.2, 0.25) is 0 Å². The van der Waals surface area contributed by atoms with E-state index in [1.54, 1.807) is 30.3 Å². The van der Waals surface area contributed by atoms with Crippen molar-refractivity contribution in [2.45, 2.75) is 6.54 Å². The van der Waals surface area contributed by atoms with E-state index in [4.69, 9.17) is 11.6 Å². The third kappa shape index (κ3) is 1.92. The maximum Gasteiger partial charge on any atom is 0.261 e. The molecule has 0 saturated heterocycles. The first kappa shape index (κ1) is 11.9. The van der Waals surface area contributed by atoms with Crippen LogP contribution in [0.25, 0.3) is 0 Å². The lowest BCUT2D eigenvalue weighted by molar-refractivity contribution is 0.0642. The van der Waals surface area contributed by atoms with Crippen LogP contribution < -0.4 is 0 Å². The van der Waals surface area contributed by atoms with Crippen LogP contribution in [0.15, 0.2) is 48.5 Å². The molecule has 0 N–H and O–H groups in total. The molecular formula is C15H10ClNO2. The number of carbonyl (C=O) groups is 2. The van der Waals surface area contributed by atoms with Crippen molar-refractivity contribution in [3.63, 3.8) is 0 Å². The normalized spacial score (nSPS) is 13.8. The zero-order valence-electron chi connectivity index (χ0n) is 9.97. The van der Waals surface area contributed by atoms with Gasteiger partial charge in [-0.1, -0.05) is 41.9 Å². The number of imide groups is 1. The second-order valence-electron chi connectivity index (χ2n) is 4.33. The number of carbonyl (C=O) groups excluding carboxylic acids is 2. The number of amides is 2. The Labute approximate surface area is 115 Å². The molecule has 0 aromatic heterocycles. The summed E-state index contributed by atoms with van der Waals surface area (Å²) in [4.78, 5) is 25.6. The number of fused-ring (bicyclic) bond motifs is 1. The second-order valence-corrected chi connectivity index (χ2v) is 4.74. The highest BCUT2D eigenvalue weighted by Crippen LogP contribution is 2.26. The Morgan fingerprint density at radius 2 is 1.37 bits per heavy atom. The standard InChI is InChI=1S/C15H10ClNO2/c16-13-8-4-1-5-10(13)9-17-14(18)11-6-2-3-7-12(11)15(17)19/h1-8H,9H2. The van der Waals surface area contributed by atoms with Crippen molar-refractivity contribution in [2.24, 2.45) is 0 Å². The van der Waals surface area contributed by atoms with Crippen molar-refractivity contribution < 1.29 is 9.59 Å². The summed E-state index contributed by atoms with van der Waals surface area (Å²) in [5.41, 5.74) is 1.68. The lowest BCUT2D eigenvalue weighted by Gasteiger charge is -2.14. The fourth-order valence-corrected chi connectivity index (χ4v) is 2.38. The molecule has 1 aliphatic rings. The van der Waals surface area contributed by atoms with E-state index >= 15 is 0 Å². The molecule has 0 bridgehead atoms. The number of halogens is 1. The van der Waals surface area contributed by atoms with Gasteiger partial charge in [-0.05, 0) is 23.8 Å². The van der Waals surface area contributed by atoms with Gasteiger partial charge in [0.25, 0.3) is 11.8 Å². The summed E-state index contributed by atoms with van der Waals surface area (Å²) in [6, 6.07) is 14.0.